The summed E-state index contributed by atoms with van der Waals surface area (Å²) in [6.45, 7) is 5.92. The fourth-order valence-electron chi connectivity index (χ4n) is 2.44. The van der Waals surface area contributed by atoms with E-state index >= 15 is 0 Å². The van der Waals surface area contributed by atoms with Crippen LogP contribution in [0.15, 0.2) is 36.0 Å². The molecule has 3 aromatic heterocycles. The number of rotatable bonds is 6. The number of carbonyl (C=O) groups is 1. The van der Waals surface area contributed by atoms with Crippen molar-refractivity contribution in [1.82, 2.24) is 19.5 Å². The Morgan fingerprint density at radius 2 is 2.11 bits per heavy atom. The van der Waals surface area contributed by atoms with Crippen molar-refractivity contribution in [2.45, 2.75) is 39.2 Å². The molecule has 0 saturated heterocycles. The number of imidazole rings is 1. The Bertz CT molecular complexity index is 926. The van der Waals surface area contributed by atoms with E-state index in [0.29, 0.717) is 23.9 Å². The Balaban J connectivity index is 1.55. The summed E-state index contributed by atoms with van der Waals surface area (Å²) in [6.07, 6.45) is 4.43. The summed E-state index contributed by atoms with van der Waals surface area (Å²) < 4.78 is 7.65. The minimum atomic E-state index is -0.307. The van der Waals surface area contributed by atoms with Gasteiger partial charge in [0.05, 0.1) is 0 Å². The van der Waals surface area contributed by atoms with Crippen molar-refractivity contribution in [3.63, 3.8) is 0 Å². The molecule has 0 radical (unpaired) electrons. The lowest BCUT2D eigenvalue weighted by Crippen LogP contribution is -2.23. The second kappa shape index (κ2) is 7.87. The van der Waals surface area contributed by atoms with Gasteiger partial charge < -0.3 is 14.6 Å². The molecule has 3 rings (SSSR count). The van der Waals surface area contributed by atoms with Crippen molar-refractivity contribution in [1.29, 1.82) is 0 Å². The molecule has 0 atom stereocenters. The van der Waals surface area contributed by atoms with Crippen molar-refractivity contribution in [2.24, 2.45) is 7.05 Å². The average Bonchev–Trinajstić information content (AvgIpc) is 3.20. The van der Waals surface area contributed by atoms with Crippen LogP contribution in [0.4, 0.5) is 5.13 Å². The third kappa shape index (κ3) is 5.37. The summed E-state index contributed by atoms with van der Waals surface area (Å²) in [4.78, 5) is 25.4. The maximum atomic E-state index is 12.2. The molecule has 0 unspecified atom stereocenters. The van der Waals surface area contributed by atoms with Crippen molar-refractivity contribution in [3.05, 3.63) is 41.7 Å². The molecule has 7 nitrogen and oxygen atoms in total. The van der Waals surface area contributed by atoms with E-state index in [1.54, 1.807) is 6.20 Å². The molecule has 0 aliphatic heterocycles. The number of pyridine rings is 1. The molecule has 0 bridgehead atoms. The highest BCUT2D eigenvalue weighted by atomic mass is 32.1. The highest BCUT2D eigenvalue weighted by Crippen LogP contribution is 2.23. The van der Waals surface area contributed by atoms with Gasteiger partial charge in [0.1, 0.15) is 11.3 Å². The molecule has 0 spiro atoms. The molecule has 1 N–H and O–H groups in total. The number of hydrogen-bond donors (Lipinski definition) is 1. The molecule has 0 aliphatic rings. The summed E-state index contributed by atoms with van der Waals surface area (Å²) in [7, 11) is 1.91. The molecule has 8 heteroatoms. The summed E-state index contributed by atoms with van der Waals surface area (Å²) in [5.74, 6) is 1.24. The van der Waals surface area contributed by atoms with Crippen molar-refractivity contribution >= 4 is 22.4 Å². The van der Waals surface area contributed by atoms with E-state index in [2.05, 4.69) is 20.3 Å². The third-order valence-corrected chi connectivity index (χ3v) is 4.36. The molecule has 142 valence electrons. The largest absolute Gasteiger partial charge is 0.472 e. The van der Waals surface area contributed by atoms with Gasteiger partial charge in [-0.15, -0.1) is 11.3 Å². The molecule has 0 aliphatic carbocycles. The van der Waals surface area contributed by atoms with Gasteiger partial charge in [0.15, 0.2) is 11.0 Å². The summed E-state index contributed by atoms with van der Waals surface area (Å²) in [5, 5.41) is 5.29. The predicted molar refractivity (Wildman–Crippen MR) is 106 cm³/mol. The van der Waals surface area contributed by atoms with Crippen LogP contribution in [-0.2, 0) is 18.3 Å². The number of hydrogen-bond acceptors (Lipinski definition) is 6. The molecule has 0 aromatic carbocycles. The lowest BCUT2D eigenvalue weighted by atomic mass is 10.2. The van der Waals surface area contributed by atoms with Crippen LogP contribution in [0.2, 0.25) is 0 Å². The van der Waals surface area contributed by atoms with Gasteiger partial charge in [-0.2, -0.15) is 0 Å². The molecular formula is C19H23N5O2S. The summed E-state index contributed by atoms with van der Waals surface area (Å²) >= 11 is 1.38. The number of carbonyl (C=O) groups excluding carboxylic acids is 1. The van der Waals surface area contributed by atoms with Gasteiger partial charge in [0.2, 0.25) is 11.8 Å². The van der Waals surface area contributed by atoms with Crippen LogP contribution < -0.4 is 10.1 Å². The Morgan fingerprint density at radius 3 is 2.81 bits per heavy atom. The molecule has 0 fully saturated rings. The summed E-state index contributed by atoms with van der Waals surface area (Å²) in [6, 6.07) is 5.61. The standard InChI is InChI=1S/C19H23N5O2S/c1-19(2,3)26-16-7-5-6-13(21-16)8-9-15(25)23-18-22-14(12-27-18)17-20-10-11-24(17)4/h5-7,10-12H,8-9H2,1-4H3,(H,22,23,25). The van der Waals surface area contributed by atoms with Crippen LogP contribution in [0.3, 0.4) is 0 Å². The average molecular weight is 385 g/mol. The summed E-state index contributed by atoms with van der Waals surface area (Å²) in [5.41, 5.74) is 1.26. The number of nitrogens with one attached hydrogen (secondary N) is 1. The van der Waals surface area contributed by atoms with Crippen molar-refractivity contribution in [3.8, 4) is 17.4 Å². The lowest BCUT2D eigenvalue weighted by molar-refractivity contribution is -0.116. The Labute approximate surface area is 162 Å². The highest BCUT2D eigenvalue weighted by molar-refractivity contribution is 7.14. The van der Waals surface area contributed by atoms with E-state index in [-0.39, 0.29) is 11.5 Å². The van der Waals surface area contributed by atoms with Gasteiger partial charge in [-0.1, -0.05) is 6.07 Å². The predicted octanol–water partition coefficient (Wildman–Crippen LogP) is 3.69. The zero-order chi connectivity index (χ0) is 19.4. The fourth-order valence-corrected chi connectivity index (χ4v) is 3.14. The van der Waals surface area contributed by atoms with Crippen LogP contribution in [0, 0.1) is 0 Å². The topological polar surface area (TPSA) is 81.9 Å². The van der Waals surface area contributed by atoms with Crippen LogP contribution in [0.25, 0.3) is 11.5 Å². The number of anilines is 1. The smallest absolute Gasteiger partial charge is 0.226 e. The second-order valence-corrected chi connectivity index (χ2v) is 7.99. The lowest BCUT2D eigenvalue weighted by Gasteiger charge is -2.20. The van der Waals surface area contributed by atoms with Crippen LogP contribution in [0.5, 0.6) is 5.88 Å². The first-order valence-corrected chi connectivity index (χ1v) is 9.56. The first-order chi connectivity index (χ1) is 12.8. The van der Waals surface area contributed by atoms with Gasteiger partial charge in [0.25, 0.3) is 0 Å². The number of nitrogens with zero attached hydrogens (tertiary/aromatic N) is 4. The van der Waals surface area contributed by atoms with Crippen LogP contribution >= 0.6 is 11.3 Å². The Morgan fingerprint density at radius 1 is 1.30 bits per heavy atom. The van der Waals surface area contributed by atoms with E-state index in [0.717, 1.165) is 17.2 Å². The highest BCUT2D eigenvalue weighted by Gasteiger charge is 2.14. The number of aryl methyl sites for hydroxylation is 2. The van der Waals surface area contributed by atoms with E-state index in [9.17, 15) is 4.79 Å². The zero-order valence-electron chi connectivity index (χ0n) is 15.9. The quantitative estimate of drug-likeness (QED) is 0.700. The van der Waals surface area contributed by atoms with Crippen LogP contribution in [0.1, 0.15) is 32.9 Å². The van der Waals surface area contributed by atoms with Gasteiger partial charge >= 0.3 is 0 Å². The van der Waals surface area contributed by atoms with E-state index < -0.39 is 0 Å². The molecule has 27 heavy (non-hydrogen) atoms. The van der Waals surface area contributed by atoms with Crippen molar-refractivity contribution in [2.75, 3.05) is 5.32 Å². The monoisotopic (exact) mass is 385 g/mol. The molecular weight excluding hydrogens is 362 g/mol. The molecule has 1 amide bonds. The zero-order valence-corrected chi connectivity index (χ0v) is 16.7. The SMILES string of the molecule is Cn1ccnc1-c1csc(NC(=O)CCc2cccc(OC(C)(C)C)n2)n1. The molecule has 3 heterocycles. The van der Waals surface area contributed by atoms with E-state index in [1.807, 2.05) is 62.2 Å². The number of thiazole rings is 1. The van der Waals surface area contributed by atoms with E-state index in [1.165, 1.54) is 11.3 Å². The molecule has 3 aromatic rings. The van der Waals surface area contributed by atoms with Gasteiger partial charge in [-0.3, -0.25) is 4.79 Å². The maximum Gasteiger partial charge on any atom is 0.226 e. The first kappa shape index (κ1) is 19.0. The van der Waals surface area contributed by atoms with Gasteiger partial charge in [-0.05, 0) is 33.3 Å². The number of amides is 1. The van der Waals surface area contributed by atoms with Gasteiger partial charge in [0, 0.05) is 43.0 Å². The van der Waals surface area contributed by atoms with Crippen molar-refractivity contribution < 1.29 is 9.53 Å². The normalized spacial score (nSPS) is 11.4. The Kier molecular flexibility index (Phi) is 5.55. The number of ether oxygens (including phenoxy) is 1. The number of aromatic nitrogens is 4. The second-order valence-electron chi connectivity index (χ2n) is 7.13. The van der Waals surface area contributed by atoms with E-state index in [4.69, 9.17) is 4.74 Å². The fraction of sp³-hybridized carbons (Fsp3) is 0.368. The molecule has 0 saturated carbocycles. The third-order valence-electron chi connectivity index (χ3n) is 3.60. The minimum absolute atomic E-state index is 0.0975. The van der Waals surface area contributed by atoms with Crippen LogP contribution in [-0.4, -0.2) is 31.0 Å². The maximum absolute atomic E-state index is 12.2. The minimum Gasteiger partial charge on any atom is -0.472 e. The Hall–Kier alpha value is -2.74. The first-order valence-electron chi connectivity index (χ1n) is 8.68. The van der Waals surface area contributed by atoms with Gasteiger partial charge in [-0.25, -0.2) is 15.0 Å².